The van der Waals surface area contributed by atoms with E-state index in [1.54, 1.807) is 13.8 Å². The number of H-pyrrole nitrogens is 1. The van der Waals surface area contributed by atoms with Crippen molar-refractivity contribution in [3.05, 3.63) is 52.3 Å². The number of esters is 1. The van der Waals surface area contributed by atoms with E-state index in [1.807, 2.05) is 0 Å². The summed E-state index contributed by atoms with van der Waals surface area (Å²) < 4.78 is 44.8. The molecule has 26 heavy (non-hydrogen) atoms. The van der Waals surface area contributed by atoms with Crippen LogP contribution in [-0.2, 0) is 11.3 Å². The summed E-state index contributed by atoms with van der Waals surface area (Å²) in [6, 6.07) is 5.14. The van der Waals surface area contributed by atoms with Crippen molar-refractivity contribution in [2.75, 3.05) is 7.11 Å². The lowest BCUT2D eigenvalue weighted by atomic mass is 10.1. The van der Waals surface area contributed by atoms with Crippen molar-refractivity contribution < 1.29 is 32.2 Å². The Labute approximate surface area is 147 Å². The van der Waals surface area contributed by atoms with E-state index in [0.717, 1.165) is 12.1 Å². The first kappa shape index (κ1) is 19.4. The van der Waals surface area contributed by atoms with Gasteiger partial charge in [0.2, 0.25) is 0 Å². The van der Waals surface area contributed by atoms with Crippen LogP contribution >= 0.6 is 0 Å². The second kappa shape index (κ2) is 7.51. The number of aromatic nitrogens is 1. The zero-order valence-electron chi connectivity index (χ0n) is 14.3. The van der Waals surface area contributed by atoms with Gasteiger partial charge in [0.05, 0.1) is 12.7 Å². The van der Waals surface area contributed by atoms with E-state index in [9.17, 15) is 22.8 Å². The number of hydrogen-bond donors (Lipinski definition) is 2. The van der Waals surface area contributed by atoms with Gasteiger partial charge in [0.15, 0.2) is 0 Å². The number of rotatable bonds is 5. The van der Waals surface area contributed by atoms with E-state index in [-0.39, 0.29) is 18.0 Å². The number of methoxy groups -OCH3 is 1. The largest absolute Gasteiger partial charge is 0.573 e. The van der Waals surface area contributed by atoms with Crippen LogP contribution in [0.25, 0.3) is 0 Å². The Morgan fingerprint density at radius 1 is 1.15 bits per heavy atom. The molecule has 0 radical (unpaired) electrons. The summed E-state index contributed by atoms with van der Waals surface area (Å²) in [5.74, 6) is -1.34. The third-order valence-corrected chi connectivity index (χ3v) is 3.66. The number of alkyl halides is 3. The molecule has 1 aromatic heterocycles. The van der Waals surface area contributed by atoms with Gasteiger partial charge in [-0.1, -0.05) is 12.1 Å². The molecule has 0 saturated carbocycles. The van der Waals surface area contributed by atoms with E-state index in [0.29, 0.717) is 22.4 Å². The van der Waals surface area contributed by atoms with Crippen LogP contribution in [0.15, 0.2) is 24.3 Å². The van der Waals surface area contributed by atoms with Crippen molar-refractivity contribution >= 4 is 11.9 Å². The molecule has 0 unspecified atom stereocenters. The lowest BCUT2D eigenvalue weighted by Gasteiger charge is -2.10. The molecular weight excluding hydrogens is 353 g/mol. The van der Waals surface area contributed by atoms with Gasteiger partial charge in [-0.25, -0.2) is 4.79 Å². The summed E-state index contributed by atoms with van der Waals surface area (Å²) in [7, 11) is 1.25. The second-order valence-electron chi connectivity index (χ2n) is 5.49. The molecule has 0 atom stereocenters. The van der Waals surface area contributed by atoms with Crippen molar-refractivity contribution in [3.8, 4) is 5.75 Å². The average molecular weight is 370 g/mol. The number of halogens is 3. The van der Waals surface area contributed by atoms with Crippen LogP contribution in [0.5, 0.6) is 5.75 Å². The third-order valence-electron chi connectivity index (χ3n) is 3.66. The molecule has 0 spiro atoms. The van der Waals surface area contributed by atoms with Crippen LogP contribution in [0.3, 0.4) is 0 Å². The highest BCUT2D eigenvalue weighted by Gasteiger charge is 2.31. The third kappa shape index (κ3) is 4.56. The van der Waals surface area contributed by atoms with Gasteiger partial charge in [-0.2, -0.15) is 0 Å². The summed E-state index contributed by atoms with van der Waals surface area (Å²) in [5, 5.41) is 2.64. The molecule has 0 aliphatic heterocycles. The molecule has 0 saturated heterocycles. The second-order valence-corrected chi connectivity index (χ2v) is 5.49. The first-order valence-corrected chi connectivity index (χ1v) is 7.52. The topological polar surface area (TPSA) is 80.4 Å². The SMILES string of the molecule is COC(=O)c1c(C)[nH]c(C(=O)NCc2ccc(OC(F)(F)F)cc2)c1C. The quantitative estimate of drug-likeness (QED) is 0.792. The first-order valence-electron chi connectivity index (χ1n) is 7.52. The molecule has 2 N–H and O–H groups in total. The molecule has 0 fully saturated rings. The van der Waals surface area contributed by atoms with Crippen molar-refractivity contribution in [1.82, 2.24) is 10.3 Å². The summed E-state index contributed by atoms with van der Waals surface area (Å²) >= 11 is 0. The summed E-state index contributed by atoms with van der Waals surface area (Å²) in [6.07, 6.45) is -4.75. The standard InChI is InChI=1S/C17H17F3N2O4/c1-9-13(16(24)25-3)10(2)22-14(9)15(23)21-8-11-4-6-12(7-5-11)26-17(18,19)20/h4-7,22H,8H2,1-3H3,(H,21,23). The molecule has 0 aliphatic rings. The Hall–Kier alpha value is -2.97. The molecule has 140 valence electrons. The van der Waals surface area contributed by atoms with Crippen LogP contribution in [-0.4, -0.2) is 30.3 Å². The molecule has 2 aromatic rings. The van der Waals surface area contributed by atoms with Gasteiger partial charge in [-0.15, -0.1) is 13.2 Å². The smallest absolute Gasteiger partial charge is 0.465 e. The van der Waals surface area contributed by atoms with Gasteiger partial charge in [0.25, 0.3) is 5.91 Å². The fourth-order valence-corrected chi connectivity index (χ4v) is 2.47. The number of nitrogens with one attached hydrogen (secondary N) is 2. The minimum absolute atomic E-state index is 0.0934. The highest BCUT2D eigenvalue weighted by molar-refractivity contribution is 6.00. The Kier molecular flexibility index (Phi) is 5.59. The summed E-state index contributed by atoms with van der Waals surface area (Å²) in [5.41, 5.74) is 2.07. The lowest BCUT2D eigenvalue weighted by molar-refractivity contribution is -0.274. The Morgan fingerprint density at radius 3 is 2.31 bits per heavy atom. The van der Waals surface area contributed by atoms with E-state index in [1.165, 1.54) is 19.2 Å². The molecule has 2 rings (SSSR count). The molecule has 1 aromatic carbocycles. The van der Waals surface area contributed by atoms with Gasteiger partial charge < -0.3 is 19.8 Å². The molecule has 1 amide bonds. The molecule has 0 bridgehead atoms. The number of ether oxygens (including phenoxy) is 2. The Bertz CT molecular complexity index is 811. The Balaban J connectivity index is 2.04. The highest BCUT2D eigenvalue weighted by Crippen LogP contribution is 2.23. The molecule has 6 nitrogen and oxygen atoms in total. The highest BCUT2D eigenvalue weighted by atomic mass is 19.4. The van der Waals surface area contributed by atoms with Crippen molar-refractivity contribution in [3.63, 3.8) is 0 Å². The summed E-state index contributed by atoms with van der Waals surface area (Å²) in [4.78, 5) is 26.9. The van der Waals surface area contributed by atoms with E-state index >= 15 is 0 Å². The van der Waals surface area contributed by atoms with Crippen molar-refractivity contribution in [2.45, 2.75) is 26.8 Å². The Morgan fingerprint density at radius 2 is 1.77 bits per heavy atom. The van der Waals surface area contributed by atoms with Gasteiger partial charge >= 0.3 is 12.3 Å². The van der Waals surface area contributed by atoms with Crippen LogP contribution in [0.4, 0.5) is 13.2 Å². The molecule has 1 heterocycles. The van der Waals surface area contributed by atoms with Gasteiger partial charge in [0.1, 0.15) is 11.4 Å². The number of hydrogen-bond acceptors (Lipinski definition) is 4. The zero-order valence-corrected chi connectivity index (χ0v) is 14.3. The molecular formula is C17H17F3N2O4. The average Bonchev–Trinajstić information content (AvgIpc) is 2.86. The van der Waals surface area contributed by atoms with E-state index < -0.39 is 18.2 Å². The van der Waals surface area contributed by atoms with E-state index in [4.69, 9.17) is 0 Å². The monoisotopic (exact) mass is 370 g/mol. The van der Waals surface area contributed by atoms with Crippen LogP contribution in [0.2, 0.25) is 0 Å². The van der Waals surface area contributed by atoms with Crippen molar-refractivity contribution in [1.29, 1.82) is 0 Å². The van der Waals surface area contributed by atoms with Crippen LogP contribution in [0, 0.1) is 13.8 Å². The fourth-order valence-electron chi connectivity index (χ4n) is 2.47. The maximum absolute atomic E-state index is 12.3. The van der Waals surface area contributed by atoms with Crippen LogP contribution in [0.1, 0.15) is 37.7 Å². The number of carbonyl (C=O) groups is 2. The molecule has 9 heteroatoms. The minimum atomic E-state index is -4.75. The normalized spacial score (nSPS) is 11.2. The van der Waals surface area contributed by atoms with Gasteiger partial charge in [-0.05, 0) is 37.1 Å². The number of benzene rings is 1. The number of aromatic amines is 1. The van der Waals surface area contributed by atoms with E-state index in [2.05, 4.69) is 19.8 Å². The predicted molar refractivity (Wildman–Crippen MR) is 85.9 cm³/mol. The lowest BCUT2D eigenvalue weighted by Crippen LogP contribution is -2.24. The maximum atomic E-state index is 12.3. The predicted octanol–water partition coefficient (Wildman–Crippen LogP) is 3.25. The molecule has 0 aliphatic carbocycles. The maximum Gasteiger partial charge on any atom is 0.573 e. The number of aryl methyl sites for hydroxylation is 1. The zero-order chi connectivity index (χ0) is 19.5. The van der Waals surface area contributed by atoms with Crippen molar-refractivity contribution in [2.24, 2.45) is 0 Å². The first-order chi connectivity index (χ1) is 12.1. The van der Waals surface area contributed by atoms with Gasteiger partial charge in [0, 0.05) is 12.2 Å². The fraction of sp³-hybridized carbons (Fsp3) is 0.294. The van der Waals surface area contributed by atoms with Gasteiger partial charge in [-0.3, -0.25) is 4.79 Å². The number of carbonyl (C=O) groups excluding carboxylic acids is 2. The van der Waals surface area contributed by atoms with Crippen LogP contribution < -0.4 is 10.1 Å². The summed E-state index contributed by atoms with van der Waals surface area (Å²) in [6.45, 7) is 3.36. The number of amides is 1. The minimum Gasteiger partial charge on any atom is -0.465 e.